The minimum absolute atomic E-state index is 0.0377. The van der Waals surface area contributed by atoms with Crippen LogP contribution in [0.25, 0.3) is 10.2 Å². The second-order valence-electron chi connectivity index (χ2n) is 4.17. The first-order chi connectivity index (χ1) is 9.63. The van der Waals surface area contributed by atoms with E-state index >= 15 is 0 Å². The van der Waals surface area contributed by atoms with Gasteiger partial charge in [0.1, 0.15) is 0 Å². The predicted octanol–water partition coefficient (Wildman–Crippen LogP) is 1.46. The van der Waals surface area contributed by atoms with Gasteiger partial charge in [-0.15, -0.1) is 11.3 Å². The maximum Gasteiger partial charge on any atom is 0.353 e. The summed E-state index contributed by atoms with van der Waals surface area (Å²) in [6, 6.07) is 5.34. The number of oxime groups is 1. The van der Waals surface area contributed by atoms with Crippen LogP contribution in [0.5, 0.6) is 0 Å². The molecule has 0 fully saturated rings. The molecule has 7 nitrogen and oxygen atoms in total. The Balaban J connectivity index is 1.69. The number of aliphatic carboxylic acids is 1. The maximum absolute atomic E-state index is 11.9. The van der Waals surface area contributed by atoms with Gasteiger partial charge in [-0.2, -0.15) is 0 Å². The zero-order chi connectivity index (χ0) is 14.1. The number of hydrogen-bond acceptors (Lipinski definition) is 6. The first-order valence-electron chi connectivity index (χ1n) is 5.73. The molecule has 1 aliphatic rings. The molecule has 0 bridgehead atoms. The van der Waals surface area contributed by atoms with Gasteiger partial charge in [-0.3, -0.25) is 4.79 Å². The summed E-state index contributed by atoms with van der Waals surface area (Å²) in [4.78, 5) is 31.6. The standard InChI is InChI=1S/C12H9N3O4S/c16-11(9-4-8(12(17)18)15-19-9)14-6-1-2-7-10(3-6)20-5-13-7/h1-3,5,9H,4H2,(H,14,16)(H,17,18). The molecule has 3 rings (SSSR count). The molecule has 1 aromatic heterocycles. The number of nitrogens with zero attached hydrogens (tertiary/aromatic N) is 2. The summed E-state index contributed by atoms with van der Waals surface area (Å²) in [7, 11) is 0. The van der Waals surface area contributed by atoms with Crippen molar-refractivity contribution in [2.24, 2.45) is 5.16 Å². The van der Waals surface area contributed by atoms with E-state index in [2.05, 4.69) is 15.5 Å². The monoisotopic (exact) mass is 291 g/mol. The van der Waals surface area contributed by atoms with Crippen molar-refractivity contribution in [3.8, 4) is 0 Å². The lowest BCUT2D eigenvalue weighted by Gasteiger charge is -2.09. The number of anilines is 1. The minimum Gasteiger partial charge on any atom is -0.477 e. The van der Waals surface area contributed by atoms with Gasteiger partial charge in [0.15, 0.2) is 5.71 Å². The molecule has 1 atom stereocenters. The fourth-order valence-electron chi connectivity index (χ4n) is 1.80. The first-order valence-corrected chi connectivity index (χ1v) is 6.61. The van der Waals surface area contributed by atoms with Gasteiger partial charge in [-0.1, -0.05) is 5.16 Å². The van der Waals surface area contributed by atoms with Crippen molar-refractivity contribution in [3.05, 3.63) is 23.7 Å². The highest BCUT2D eigenvalue weighted by molar-refractivity contribution is 7.16. The average Bonchev–Trinajstić information content (AvgIpc) is 3.07. The zero-order valence-corrected chi connectivity index (χ0v) is 10.9. The molecule has 0 saturated carbocycles. The number of amides is 1. The molecule has 0 spiro atoms. The molecular formula is C12H9N3O4S. The molecule has 8 heteroatoms. The Labute approximate surface area is 116 Å². The van der Waals surface area contributed by atoms with Crippen LogP contribution < -0.4 is 5.32 Å². The molecule has 102 valence electrons. The normalized spacial score (nSPS) is 17.6. The van der Waals surface area contributed by atoms with E-state index in [4.69, 9.17) is 9.94 Å². The second kappa shape index (κ2) is 4.89. The van der Waals surface area contributed by atoms with Crippen LogP contribution in [-0.4, -0.2) is 33.8 Å². The van der Waals surface area contributed by atoms with Crippen molar-refractivity contribution in [1.29, 1.82) is 0 Å². The fraction of sp³-hybridized carbons (Fsp3) is 0.167. The number of hydrogen-bond donors (Lipinski definition) is 2. The number of aromatic nitrogens is 1. The Morgan fingerprint density at radius 3 is 3.05 bits per heavy atom. The van der Waals surface area contributed by atoms with Crippen LogP contribution in [-0.2, 0) is 14.4 Å². The van der Waals surface area contributed by atoms with E-state index < -0.39 is 18.0 Å². The summed E-state index contributed by atoms with van der Waals surface area (Å²) in [5, 5.41) is 14.8. The Kier molecular flexibility index (Phi) is 3.07. The lowest BCUT2D eigenvalue weighted by molar-refractivity contribution is -0.129. The van der Waals surface area contributed by atoms with Gasteiger partial charge in [0.25, 0.3) is 5.91 Å². The summed E-state index contributed by atoms with van der Waals surface area (Å²) in [6.07, 6.45) is -0.942. The first kappa shape index (κ1) is 12.5. The van der Waals surface area contributed by atoms with Gasteiger partial charge in [0.05, 0.1) is 15.7 Å². The van der Waals surface area contributed by atoms with Crippen LogP contribution in [0.1, 0.15) is 6.42 Å². The van der Waals surface area contributed by atoms with Gasteiger partial charge >= 0.3 is 5.97 Å². The van der Waals surface area contributed by atoms with Gasteiger partial charge in [0.2, 0.25) is 6.10 Å². The highest BCUT2D eigenvalue weighted by atomic mass is 32.1. The smallest absolute Gasteiger partial charge is 0.353 e. The van der Waals surface area contributed by atoms with Crippen LogP contribution in [0.15, 0.2) is 28.9 Å². The van der Waals surface area contributed by atoms with Gasteiger partial charge < -0.3 is 15.3 Å². The van der Waals surface area contributed by atoms with Crippen molar-refractivity contribution in [2.75, 3.05) is 5.32 Å². The number of fused-ring (bicyclic) bond motifs is 1. The van der Waals surface area contributed by atoms with E-state index in [1.165, 1.54) is 11.3 Å². The van der Waals surface area contributed by atoms with E-state index in [1.54, 1.807) is 23.7 Å². The molecule has 2 N–H and O–H groups in total. The van der Waals surface area contributed by atoms with Crippen molar-refractivity contribution in [2.45, 2.75) is 12.5 Å². The summed E-state index contributed by atoms with van der Waals surface area (Å²) >= 11 is 1.47. The number of thiazole rings is 1. The second-order valence-corrected chi connectivity index (χ2v) is 5.05. The summed E-state index contributed by atoms with van der Waals surface area (Å²) in [5.74, 6) is -1.60. The Hall–Kier alpha value is -2.48. The minimum atomic E-state index is -1.17. The third-order valence-corrected chi connectivity index (χ3v) is 3.60. The Bertz CT molecular complexity index is 724. The highest BCUT2D eigenvalue weighted by Gasteiger charge is 2.31. The molecule has 2 heterocycles. The Morgan fingerprint density at radius 1 is 1.45 bits per heavy atom. The van der Waals surface area contributed by atoms with Crippen molar-refractivity contribution < 1.29 is 19.5 Å². The molecule has 0 saturated heterocycles. The topological polar surface area (TPSA) is 101 Å². The molecule has 1 unspecified atom stereocenters. The van der Waals surface area contributed by atoms with Gasteiger partial charge in [-0.05, 0) is 18.2 Å². The van der Waals surface area contributed by atoms with Crippen molar-refractivity contribution in [3.63, 3.8) is 0 Å². The average molecular weight is 291 g/mol. The quantitative estimate of drug-likeness (QED) is 0.891. The number of benzene rings is 1. The van der Waals surface area contributed by atoms with Gasteiger partial charge in [0, 0.05) is 12.1 Å². The number of rotatable bonds is 3. The lowest BCUT2D eigenvalue weighted by Crippen LogP contribution is -2.28. The largest absolute Gasteiger partial charge is 0.477 e. The van der Waals surface area contributed by atoms with Crippen LogP contribution >= 0.6 is 11.3 Å². The molecule has 2 aromatic rings. The van der Waals surface area contributed by atoms with E-state index in [1.807, 2.05) is 0 Å². The summed E-state index contributed by atoms with van der Waals surface area (Å²) in [6.45, 7) is 0. The molecule has 1 amide bonds. The summed E-state index contributed by atoms with van der Waals surface area (Å²) < 4.78 is 0.956. The van der Waals surface area contributed by atoms with Crippen LogP contribution in [0.4, 0.5) is 5.69 Å². The molecule has 0 aliphatic carbocycles. The molecule has 1 aromatic carbocycles. The van der Waals surface area contributed by atoms with Crippen molar-refractivity contribution in [1.82, 2.24) is 4.98 Å². The molecule has 1 aliphatic heterocycles. The number of nitrogens with one attached hydrogen (secondary N) is 1. The zero-order valence-electron chi connectivity index (χ0n) is 10.1. The van der Waals surface area contributed by atoms with E-state index in [0.29, 0.717) is 5.69 Å². The molecule has 20 heavy (non-hydrogen) atoms. The lowest BCUT2D eigenvalue weighted by atomic mass is 10.1. The Morgan fingerprint density at radius 2 is 2.30 bits per heavy atom. The predicted molar refractivity (Wildman–Crippen MR) is 72.8 cm³/mol. The van der Waals surface area contributed by atoms with Crippen LogP contribution in [0.3, 0.4) is 0 Å². The number of carbonyl (C=O) groups is 2. The number of carboxylic acid groups (broad SMARTS) is 1. The molecule has 0 radical (unpaired) electrons. The fourth-order valence-corrected chi connectivity index (χ4v) is 2.52. The number of carbonyl (C=O) groups excluding carboxylic acids is 1. The van der Waals surface area contributed by atoms with E-state index in [9.17, 15) is 9.59 Å². The van der Waals surface area contributed by atoms with E-state index in [-0.39, 0.29) is 12.1 Å². The third-order valence-electron chi connectivity index (χ3n) is 2.81. The van der Waals surface area contributed by atoms with Crippen LogP contribution in [0, 0.1) is 0 Å². The van der Waals surface area contributed by atoms with Crippen molar-refractivity contribution >= 4 is 44.8 Å². The van der Waals surface area contributed by atoms with Gasteiger partial charge in [-0.25, -0.2) is 9.78 Å². The SMILES string of the molecule is O=C(O)C1=NOC(C(=O)Nc2ccc3ncsc3c2)C1. The number of carboxylic acids is 1. The van der Waals surface area contributed by atoms with E-state index in [0.717, 1.165) is 10.2 Å². The molecular weight excluding hydrogens is 282 g/mol. The maximum atomic E-state index is 11.9. The van der Waals surface area contributed by atoms with Crippen LogP contribution in [0.2, 0.25) is 0 Å². The summed E-state index contributed by atoms with van der Waals surface area (Å²) in [5.41, 5.74) is 3.05. The third kappa shape index (κ3) is 2.32. The highest BCUT2D eigenvalue weighted by Crippen LogP contribution is 2.22.